The van der Waals surface area contributed by atoms with E-state index in [2.05, 4.69) is 24.3 Å². The molecule has 0 spiro atoms. The van der Waals surface area contributed by atoms with E-state index in [0.29, 0.717) is 31.8 Å². The topological polar surface area (TPSA) is 27.7 Å². The van der Waals surface area contributed by atoms with Crippen molar-refractivity contribution in [2.24, 2.45) is 5.92 Å². The highest BCUT2D eigenvalue weighted by Crippen LogP contribution is 2.47. The van der Waals surface area contributed by atoms with Crippen molar-refractivity contribution >= 4 is 0 Å². The Kier molecular flexibility index (Phi) is 4.42. The first kappa shape index (κ1) is 14.9. The molecule has 23 heavy (non-hydrogen) atoms. The molecule has 1 saturated heterocycles. The van der Waals surface area contributed by atoms with Gasteiger partial charge >= 0.3 is 0 Å². The predicted octanol–water partition coefficient (Wildman–Crippen LogP) is 3.58. The minimum Gasteiger partial charge on any atom is -0.374 e. The number of hydrogen-bond acceptors (Lipinski definition) is 3. The summed E-state index contributed by atoms with van der Waals surface area (Å²) >= 11 is 0. The van der Waals surface area contributed by atoms with Crippen LogP contribution in [0.1, 0.15) is 17.5 Å². The van der Waals surface area contributed by atoms with Crippen molar-refractivity contribution in [3.63, 3.8) is 0 Å². The molecule has 4 rings (SSSR count). The summed E-state index contributed by atoms with van der Waals surface area (Å²) in [4.78, 5) is 0. The van der Waals surface area contributed by atoms with Crippen molar-refractivity contribution in [3.05, 3.63) is 71.8 Å². The molecule has 1 saturated carbocycles. The Morgan fingerprint density at radius 1 is 0.870 bits per heavy atom. The van der Waals surface area contributed by atoms with E-state index in [1.165, 1.54) is 11.1 Å². The first-order valence-electron chi connectivity index (χ1n) is 8.33. The minimum atomic E-state index is 0.0613. The summed E-state index contributed by atoms with van der Waals surface area (Å²) in [6.07, 6.45) is 1.75. The zero-order chi connectivity index (χ0) is 15.5. The van der Waals surface area contributed by atoms with E-state index >= 15 is 0 Å². The van der Waals surface area contributed by atoms with Crippen molar-refractivity contribution in [1.82, 2.24) is 0 Å². The van der Waals surface area contributed by atoms with Gasteiger partial charge in [0.1, 0.15) is 6.10 Å². The maximum Gasteiger partial charge on any atom is 0.108 e. The maximum absolute atomic E-state index is 6.15. The molecule has 2 fully saturated rings. The number of hydrogen-bond donors (Lipinski definition) is 0. The third-order valence-corrected chi connectivity index (χ3v) is 4.60. The molecule has 1 aliphatic heterocycles. The molecule has 2 aromatic rings. The van der Waals surface area contributed by atoms with E-state index in [1.807, 2.05) is 36.4 Å². The molecule has 0 bridgehead atoms. The maximum atomic E-state index is 6.15. The molecular weight excluding hydrogens is 288 g/mol. The van der Waals surface area contributed by atoms with Crippen LogP contribution in [0.4, 0.5) is 0 Å². The first-order valence-corrected chi connectivity index (χ1v) is 8.33. The fraction of sp³-hybridized carbons (Fsp3) is 0.400. The Morgan fingerprint density at radius 2 is 1.52 bits per heavy atom. The average molecular weight is 310 g/mol. The molecule has 120 valence electrons. The second-order valence-electron chi connectivity index (χ2n) is 6.37. The number of benzene rings is 2. The molecule has 2 aromatic carbocycles. The van der Waals surface area contributed by atoms with Crippen molar-refractivity contribution in [1.29, 1.82) is 0 Å². The van der Waals surface area contributed by atoms with Gasteiger partial charge in [-0.1, -0.05) is 60.7 Å². The van der Waals surface area contributed by atoms with Crippen LogP contribution in [0.25, 0.3) is 0 Å². The quantitative estimate of drug-likeness (QED) is 0.782. The van der Waals surface area contributed by atoms with Gasteiger partial charge in [-0.25, -0.2) is 0 Å². The highest BCUT2D eigenvalue weighted by atomic mass is 16.6. The highest BCUT2D eigenvalue weighted by Gasteiger charge is 2.55. The summed E-state index contributed by atoms with van der Waals surface area (Å²) in [7, 11) is 0. The standard InChI is InChI=1S/C20H22O3/c1-3-7-15(8-4-1)12-21-14-19-20(17-11-18(17)23-19)22-13-16-9-5-2-6-10-16/h1-10,17-20H,11-14H2/t17-,18+,19+,20-/m0/s1. The fourth-order valence-corrected chi connectivity index (χ4v) is 3.27. The van der Waals surface area contributed by atoms with Crippen LogP contribution in [-0.4, -0.2) is 24.9 Å². The summed E-state index contributed by atoms with van der Waals surface area (Å²) < 4.78 is 18.0. The first-order chi connectivity index (χ1) is 11.4. The van der Waals surface area contributed by atoms with Crippen LogP contribution in [-0.2, 0) is 27.4 Å². The Hall–Kier alpha value is -1.68. The van der Waals surface area contributed by atoms with Gasteiger partial charge in [-0.2, -0.15) is 0 Å². The molecule has 4 atom stereocenters. The predicted molar refractivity (Wildman–Crippen MR) is 87.9 cm³/mol. The Balaban J connectivity index is 1.28. The zero-order valence-corrected chi connectivity index (χ0v) is 13.1. The van der Waals surface area contributed by atoms with Gasteiger partial charge in [-0.05, 0) is 17.5 Å². The molecule has 3 nitrogen and oxygen atoms in total. The summed E-state index contributed by atoms with van der Waals surface area (Å²) in [5.74, 6) is 0.559. The van der Waals surface area contributed by atoms with E-state index in [4.69, 9.17) is 14.2 Å². The molecule has 0 radical (unpaired) electrons. The molecule has 0 N–H and O–H groups in total. The van der Waals surface area contributed by atoms with Crippen molar-refractivity contribution < 1.29 is 14.2 Å². The minimum absolute atomic E-state index is 0.0613. The largest absolute Gasteiger partial charge is 0.374 e. The summed E-state index contributed by atoms with van der Waals surface area (Å²) in [6.45, 7) is 1.87. The third kappa shape index (κ3) is 3.63. The molecule has 1 aliphatic carbocycles. The lowest BCUT2D eigenvalue weighted by atomic mass is 10.1. The van der Waals surface area contributed by atoms with Gasteiger partial charge in [0.05, 0.1) is 32.0 Å². The van der Waals surface area contributed by atoms with E-state index in [9.17, 15) is 0 Å². The van der Waals surface area contributed by atoms with Crippen molar-refractivity contribution in [3.8, 4) is 0 Å². The number of fused-ring (bicyclic) bond motifs is 1. The van der Waals surface area contributed by atoms with Gasteiger partial charge in [0.25, 0.3) is 0 Å². The SMILES string of the molecule is c1ccc(COC[C@H]2O[C@@H]3C[C@@H]3[C@@H]2OCc2ccccc2)cc1. The van der Waals surface area contributed by atoms with E-state index in [-0.39, 0.29) is 12.2 Å². The van der Waals surface area contributed by atoms with E-state index < -0.39 is 0 Å². The van der Waals surface area contributed by atoms with Crippen LogP contribution in [0.15, 0.2) is 60.7 Å². The van der Waals surface area contributed by atoms with Crippen LogP contribution in [0.2, 0.25) is 0 Å². The average Bonchev–Trinajstić information content (AvgIpc) is 3.28. The van der Waals surface area contributed by atoms with Gasteiger partial charge in [0.2, 0.25) is 0 Å². The zero-order valence-electron chi connectivity index (χ0n) is 13.1. The van der Waals surface area contributed by atoms with Crippen LogP contribution in [0.5, 0.6) is 0 Å². The van der Waals surface area contributed by atoms with Crippen molar-refractivity contribution in [2.45, 2.75) is 37.9 Å². The molecule has 1 heterocycles. The Bertz CT molecular complexity index is 613. The molecule has 0 aromatic heterocycles. The smallest absolute Gasteiger partial charge is 0.108 e. The van der Waals surface area contributed by atoms with Gasteiger partial charge in [-0.3, -0.25) is 0 Å². The lowest BCUT2D eigenvalue weighted by Gasteiger charge is -2.22. The fourth-order valence-electron chi connectivity index (χ4n) is 3.27. The van der Waals surface area contributed by atoms with Gasteiger partial charge < -0.3 is 14.2 Å². The molecule has 2 aliphatic rings. The lowest BCUT2D eigenvalue weighted by Crippen LogP contribution is -2.32. The third-order valence-electron chi connectivity index (χ3n) is 4.60. The van der Waals surface area contributed by atoms with E-state index in [1.54, 1.807) is 0 Å². The molecule has 0 amide bonds. The van der Waals surface area contributed by atoms with Gasteiger partial charge in [0.15, 0.2) is 0 Å². The van der Waals surface area contributed by atoms with E-state index in [0.717, 1.165) is 6.42 Å². The summed E-state index contributed by atoms with van der Waals surface area (Å²) in [6, 6.07) is 20.6. The number of rotatable bonds is 7. The normalized spacial score (nSPS) is 28.5. The lowest BCUT2D eigenvalue weighted by molar-refractivity contribution is -0.0825. The summed E-state index contributed by atoms with van der Waals surface area (Å²) in [5, 5.41) is 0. The Morgan fingerprint density at radius 3 is 2.22 bits per heavy atom. The van der Waals surface area contributed by atoms with Crippen LogP contribution < -0.4 is 0 Å². The number of ether oxygens (including phenoxy) is 3. The highest BCUT2D eigenvalue weighted by molar-refractivity contribution is 5.14. The molecule has 0 unspecified atom stereocenters. The second-order valence-corrected chi connectivity index (χ2v) is 6.37. The van der Waals surface area contributed by atoms with Gasteiger partial charge in [0, 0.05) is 5.92 Å². The second kappa shape index (κ2) is 6.83. The molecule has 3 heteroatoms. The van der Waals surface area contributed by atoms with Gasteiger partial charge in [-0.15, -0.1) is 0 Å². The monoisotopic (exact) mass is 310 g/mol. The van der Waals surface area contributed by atoms with Crippen LogP contribution in [0, 0.1) is 5.92 Å². The van der Waals surface area contributed by atoms with Crippen LogP contribution >= 0.6 is 0 Å². The molecular formula is C20H22O3. The Labute approximate surface area is 137 Å². The summed E-state index contributed by atoms with van der Waals surface area (Å²) in [5.41, 5.74) is 2.40. The van der Waals surface area contributed by atoms with Crippen LogP contribution in [0.3, 0.4) is 0 Å². The van der Waals surface area contributed by atoms with Crippen molar-refractivity contribution in [2.75, 3.05) is 6.61 Å².